The molecule has 1 aliphatic rings. The van der Waals surface area contributed by atoms with Crippen LogP contribution in [0.5, 0.6) is 11.5 Å². The molecule has 8 heteroatoms. The van der Waals surface area contributed by atoms with Crippen LogP contribution in [-0.4, -0.2) is 77.4 Å². The average molecular weight is 519 g/mol. The van der Waals surface area contributed by atoms with Crippen molar-refractivity contribution < 1.29 is 9.47 Å². The molecule has 2 N–H and O–H groups in total. The molecule has 0 aliphatic carbocycles. The van der Waals surface area contributed by atoms with Gasteiger partial charge in [0, 0.05) is 62.1 Å². The fraction of sp³-hybridized carbons (Fsp3) is 0.667. The van der Waals surface area contributed by atoms with Crippen molar-refractivity contribution in [2.75, 3.05) is 59.9 Å². The van der Waals surface area contributed by atoms with E-state index in [4.69, 9.17) is 9.47 Å². The molecule has 0 radical (unpaired) electrons. The van der Waals surface area contributed by atoms with E-state index in [1.165, 1.54) is 0 Å². The zero-order valence-corrected chi connectivity index (χ0v) is 21.2. The summed E-state index contributed by atoms with van der Waals surface area (Å²) >= 11 is 0. The third-order valence-corrected chi connectivity index (χ3v) is 5.66. The Bertz CT molecular complexity index is 636. The van der Waals surface area contributed by atoms with Crippen LogP contribution in [-0.2, 0) is 0 Å². The van der Waals surface area contributed by atoms with Crippen molar-refractivity contribution in [3.05, 3.63) is 18.2 Å². The van der Waals surface area contributed by atoms with Gasteiger partial charge >= 0.3 is 0 Å². The van der Waals surface area contributed by atoms with Gasteiger partial charge in [0.2, 0.25) is 0 Å². The Morgan fingerprint density at radius 1 is 1.14 bits per heavy atom. The predicted molar refractivity (Wildman–Crippen MR) is 132 cm³/mol. The lowest BCUT2D eigenvalue weighted by atomic mass is 10.0. The van der Waals surface area contributed by atoms with Crippen molar-refractivity contribution in [2.24, 2.45) is 4.99 Å². The molecule has 0 atom stereocenters. The number of ether oxygens (including phenoxy) is 2. The molecule has 0 unspecified atom stereocenters. The molecule has 0 saturated carbocycles. The van der Waals surface area contributed by atoms with Crippen molar-refractivity contribution >= 4 is 35.6 Å². The van der Waals surface area contributed by atoms with Crippen LogP contribution in [0.15, 0.2) is 23.2 Å². The lowest BCUT2D eigenvalue weighted by Crippen LogP contribution is -2.53. The molecule has 0 amide bonds. The first-order chi connectivity index (χ1) is 13.3. The monoisotopic (exact) mass is 519 g/mol. The summed E-state index contributed by atoms with van der Waals surface area (Å²) in [6, 6.07) is 6.46. The lowest BCUT2D eigenvalue weighted by Gasteiger charge is -2.36. The van der Waals surface area contributed by atoms with E-state index in [2.05, 4.69) is 65.5 Å². The number of piperidine rings is 1. The van der Waals surface area contributed by atoms with Crippen molar-refractivity contribution in [1.82, 2.24) is 15.5 Å². The standard InChI is InChI=1S/C21H37N5O2.HI/c1-21(2,25(4)5)15-23-20(22-3)24-16-8-10-26(11-9-16)17-12-18(27-6)14-19(13-17)28-7;/h12-14,16H,8-11,15H2,1-7H3,(H2,22,23,24);1H. The van der Waals surface area contributed by atoms with Crippen LogP contribution in [0.3, 0.4) is 0 Å². The van der Waals surface area contributed by atoms with Crippen LogP contribution in [0.1, 0.15) is 26.7 Å². The maximum atomic E-state index is 5.40. The first-order valence-corrected chi connectivity index (χ1v) is 9.91. The van der Waals surface area contributed by atoms with Crippen LogP contribution in [0, 0.1) is 0 Å². The van der Waals surface area contributed by atoms with Crippen LogP contribution < -0.4 is 25.0 Å². The number of nitrogens with zero attached hydrogens (tertiary/aromatic N) is 3. The highest BCUT2D eigenvalue weighted by Crippen LogP contribution is 2.30. The molecule has 0 spiro atoms. The Balaban J connectivity index is 0.00000420. The molecule has 1 aliphatic heterocycles. The van der Waals surface area contributed by atoms with Gasteiger partial charge in [0.05, 0.1) is 14.2 Å². The summed E-state index contributed by atoms with van der Waals surface area (Å²) < 4.78 is 10.8. The predicted octanol–water partition coefficient (Wildman–Crippen LogP) is 2.80. The van der Waals surface area contributed by atoms with Gasteiger partial charge in [0.25, 0.3) is 0 Å². The van der Waals surface area contributed by atoms with E-state index in [1.54, 1.807) is 14.2 Å². The lowest BCUT2D eigenvalue weighted by molar-refractivity contribution is 0.197. The van der Waals surface area contributed by atoms with Gasteiger partial charge < -0.3 is 29.9 Å². The van der Waals surface area contributed by atoms with E-state index in [1.807, 2.05) is 13.1 Å². The van der Waals surface area contributed by atoms with E-state index in [-0.39, 0.29) is 29.5 Å². The second kappa shape index (κ2) is 11.7. The van der Waals surface area contributed by atoms with Gasteiger partial charge in [-0.2, -0.15) is 0 Å². The zero-order chi connectivity index (χ0) is 20.7. The van der Waals surface area contributed by atoms with E-state index < -0.39 is 0 Å². The highest BCUT2D eigenvalue weighted by molar-refractivity contribution is 14.0. The summed E-state index contributed by atoms with van der Waals surface area (Å²) in [5.74, 6) is 2.52. The molecular weight excluding hydrogens is 481 g/mol. The first kappa shape index (κ1) is 25.6. The van der Waals surface area contributed by atoms with Crippen LogP contribution in [0.2, 0.25) is 0 Å². The van der Waals surface area contributed by atoms with Gasteiger partial charge in [0.15, 0.2) is 5.96 Å². The number of halogens is 1. The molecule has 1 fully saturated rings. The SMILES string of the molecule is CN=C(NCC(C)(C)N(C)C)NC1CCN(c2cc(OC)cc(OC)c2)CC1.I. The molecule has 0 bridgehead atoms. The van der Waals surface area contributed by atoms with E-state index in [9.17, 15) is 0 Å². The van der Waals surface area contributed by atoms with Gasteiger partial charge in [-0.3, -0.25) is 4.99 Å². The van der Waals surface area contributed by atoms with Crippen LogP contribution >= 0.6 is 24.0 Å². The number of methoxy groups -OCH3 is 2. The van der Waals surface area contributed by atoms with E-state index in [0.29, 0.717) is 6.04 Å². The zero-order valence-electron chi connectivity index (χ0n) is 18.9. The number of likely N-dealkylation sites (N-methyl/N-ethyl adjacent to an activating group) is 1. The minimum atomic E-state index is 0. The van der Waals surface area contributed by atoms with E-state index in [0.717, 1.165) is 55.6 Å². The van der Waals surface area contributed by atoms with Crippen molar-refractivity contribution in [3.63, 3.8) is 0 Å². The second-order valence-electron chi connectivity index (χ2n) is 8.11. The van der Waals surface area contributed by atoms with Gasteiger partial charge in [-0.1, -0.05) is 0 Å². The summed E-state index contributed by atoms with van der Waals surface area (Å²) in [6.45, 7) is 7.23. The summed E-state index contributed by atoms with van der Waals surface area (Å²) in [7, 11) is 9.40. The molecular formula is C21H38IN5O2. The smallest absolute Gasteiger partial charge is 0.191 e. The Labute approximate surface area is 193 Å². The summed E-state index contributed by atoms with van der Waals surface area (Å²) in [5.41, 5.74) is 1.21. The molecule has 1 heterocycles. The molecule has 29 heavy (non-hydrogen) atoms. The normalized spacial score (nSPS) is 15.7. The molecule has 1 aromatic rings. The summed E-state index contributed by atoms with van der Waals surface area (Å²) in [5, 5.41) is 7.04. The van der Waals surface area contributed by atoms with Crippen molar-refractivity contribution in [1.29, 1.82) is 0 Å². The molecule has 1 aromatic carbocycles. The highest BCUT2D eigenvalue weighted by atomic mass is 127. The summed E-state index contributed by atoms with van der Waals surface area (Å²) in [4.78, 5) is 9.00. The third-order valence-electron chi connectivity index (χ3n) is 5.66. The van der Waals surface area contributed by atoms with Crippen molar-refractivity contribution in [2.45, 2.75) is 38.3 Å². The third kappa shape index (κ3) is 7.40. The number of benzene rings is 1. The van der Waals surface area contributed by atoms with Gasteiger partial charge in [-0.25, -0.2) is 0 Å². The van der Waals surface area contributed by atoms with Crippen LogP contribution in [0.4, 0.5) is 5.69 Å². The number of aliphatic imine (C=N–C) groups is 1. The number of anilines is 1. The fourth-order valence-corrected chi connectivity index (χ4v) is 3.10. The average Bonchev–Trinajstić information content (AvgIpc) is 2.70. The molecule has 7 nitrogen and oxygen atoms in total. The fourth-order valence-electron chi connectivity index (χ4n) is 3.10. The Morgan fingerprint density at radius 2 is 1.69 bits per heavy atom. The van der Waals surface area contributed by atoms with Gasteiger partial charge in [-0.05, 0) is 40.8 Å². The Morgan fingerprint density at radius 3 is 2.14 bits per heavy atom. The minimum absolute atomic E-state index is 0. The van der Waals surface area contributed by atoms with E-state index >= 15 is 0 Å². The quantitative estimate of drug-likeness (QED) is 0.328. The largest absolute Gasteiger partial charge is 0.497 e. The Kier molecular flexibility index (Phi) is 10.3. The number of hydrogen-bond donors (Lipinski definition) is 2. The topological polar surface area (TPSA) is 61.4 Å². The van der Waals surface area contributed by atoms with Gasteiger partial charge in [0.1, 0.15) is 11.5 Å². The molecule has 2 rings (SSSR count). The highest BCUT2D eigenvalue weighted by Gasteiger charge is 2.23. The summed E-state index contributed by atoms with van der Waals surface area (Å²) in [6.07, 6.45) is 2.11. The maximum Gasteiger partial charge on any atom is 0.191 e. The first-order valence-electron chi connectivity index (χ1n) is 9.91. The van der Waals surface area contributed by atoms with Crippen molar-refractivity contribution in [3.8, 4) is 11.5 Å². The minimum Gasteiger partial charge on any atom is -0.497 e. The van der Waals surface area contributed by atoms with Crippen LogP contribution in [0.25, 0.3) is 0 Å². The number of nitrogens with one attached hydrogen (secondary N) is 2. The van der Waals surface area contributed by atoms with Gasteiger partial charge in [-0.15, -0.1) is 24.0 Å². The Hall–Kier alpha value is -1.42. The number of rotatable bonds is 7. The molecule has 0 aromatic heterocycles. The molecule has 166 valence electrons. The second-order valence-corrected chi connectivity index (χ2v) is 8.11. The number of guanidine groups is 1. The molecule has 1 saturated heterocycles. The maximum absolute atomic E-state index is 5.40. The number of hydrogen-bond acceptors (Lipinski definition) is 5.